The van der Waals surface area contributed by atoms with Gasteiger partial charge in [-0.25, -0.2) is 0 Å². The summed E-state index contributed by atoms with van der Waals surface area (Å²) in [5, 5.41) is 9.32. The number of hydrogen-bond acceptors (Lipinski definition) is 3. The number of halogens is 1. The standard InChI is InChI=1S/C9H9BrO3/c1-6(11)13-9(12)7-2-4-8(10)5-3-7/h2-5,9,12H,1H3. The minimum absolute atomic E-state index is 0.504. The molecule has 0 saturated heterocycles. The molecule has 4 heteroatoms. The van der Waals surface area contributed by atoms with Crippen LogP contribution in [0, 0.1) is 0 Å². The number of ether oxygens (including phenoxy) is 1. The molecule has 1 rings (SSSR count). The molecule has 3 nitrogen and oxygen atoms in total. The van der Waals surface area contributed by atoms with E-state index in [0.29, 0.717) is 5.56 Å². The van der Waals surface area contributed by atoms with E-state index in [1.165, 1.54) is 6.92 Å². The highest BCUT2D eigenvalue weighted by Gasteiger charge is 2.09. The second kappa shape index (κ2) is 4.39. The summed E-state index contributed by atoms with van der Waals surface area (Å²) in [4.78, 5) is 10.5. The zero-order valence-electron chi connectivity index (χ0n) is 7.03. The largest absolute Gasteiger partial charge is 0.432 e. The lowest BCUT2D eigenvalue weighted by atomic mass is 10.2. The van der Waals surface area contributed by atoms with Crippen LogP contribution >= 0.6 is 15.9 Å². The van der Waals surface area contributed by atoms with Crippen LogP contribution in [-0.4, -0.2) is 11.1 Å². The number of hydrogen-bond donors (Lipinski definition) is 1. The Labute approximate surface area is 84.5 Å². The summed E-state index contributed by atoms with van der Waals surface area (Å²) >= 11 is 3.26. The van der Waals surface area contributed by atoms with Gasteiger partial charge in [0, 0.05) is 17.0 Å². The second-order valence-corrected chi connectivity index (χ2v) is 3.43. The van der Waals surface area contributed by atoms with E-state index in [1.54, 1.807) is 24.3 Å². The average molecular weight is 245 g/mol. The summed E-state index contributed by atoms with van der Waals surface area (Å²) < 4.78 is 5.49. The van der Waals surface area contributed by atoms with Gasteiger partial charge in [0.25, 0.3) is 0 Å². The van der Waals surface area contributed by atoms with E-state index < -0.39 is 12.3 Å². The summed E-state index contributed by atoms with van der Waals surface area (Å²) in [6.45, 7) is 1.25. The molecule has 1 atom stereocenters. The number of carbonyl (C=O) groups excluding carboxylic acids is 1. The third-order valence-electron chi connectivity index (χ3n) is 1.43. The second-order valence-electron chi connectivity index (χ2n) is 2.51. The van der Waals surface area contributed by atoms with E-state index in [-0.39, 0.29) is 0 Å². The van der Waals surface area contributed by atoms with Gasteiger partial charge in [0.05, 0.1) is 0 Å². The monoisotopic (exact) mass is 244 g/mol. The van der Waals surface area contributed by atoms with Crippen molar-refractivity contribution in [1.82, 2.24) is 0 Å². The predicted octanol–water partition coefficient (Wildman–Crippen LogP) is 2.00. The lowest BCUT2D eigenvalue weighted by Crippen LogP contribution is -2.07. The van der Waals surface area contributed by atoms with Gasteiger partial charge >= 0.3 is 5.97 Å². The van der Waals surface area contributed by atoms with Gasteiger partial charge in [0.1, 0.15) is 0 Å². The Hall–Kier alpha value is -0.870. The van der Waals surface area contributed by atoms with Crippen LogP contribution < -0.4 is 0 Å². The van der Waals surface area contributed by atoms with Crippen LogP contribution in [0.2, 0.25) is 0 Å². The van der Waals surface area contributed by atoms with Crippen LogP contribution in [0.25, 0.3) is 0 Å². The van der Waals surface area contributed by atoms with Gasteiger partial charge in [0.15, 0.2) is 0 Å². The minimum atomic E-state index is -1.18. The molecule has 0 saturated carbocycles. The van der Waals surface area contributed by atoms with Crippen molar-refractivity contribution in [1.29, 1.82) is 0 Å². The van der Waals surface area contributed by atoms with Gasteiger partial charge in [-0.2, -0.15) is 0 Å². The molecule has 0 heterocycles. The summed E-state index contributed by atoms with van der Waals surface area (Å²) in [6.07, 6.45) is -1.18. The lowest BCUT2D eigenvalue weighted by molar-refractivity contribution is -0.166. The molecule has 13 heavy (non-hydrogen) atoms. The normalized spacial score (nSPS) is 12.2. The fourth-order valence-electron chi connectivity index (χ4n) is 0.853. The van der Waals surface area contributed by atoms with Crippen LogP contribution in [0.4, 0.5) is 0 Å². The van der Waals surface area contributed by atoms with Crippen molar-refractivity contribution in [3.8, 4) is 0 Å². The first kappa shape index (κ1) is 10.2. The third-order valence-corrected chi connectivity index (χ3v) is 1.96. The Kier molecular flexibility index (Phi) is 3.45. The smallest absolute Gasteiger partial charge is 0.305 e. The molecule has 0 bridgehead atoms. The maximum atomic E-state index is 10.5. The van der Waals surface area contributed by atoms with Gasteiger partial charge in [-0.3, -0.25) is 4.79 Å². The van der Waals surface area contributed by atoms with Crippen molar-refractivity contribution in [3.63, 3.8) is 0 Å². The molecule has 0 aliphatic rings. The molecule has 0 aliphatic carbocycles. The van der Waals surface area contributed by atoms with Gasteiger partial charge in [0.2, 0.25) is 6.29 Å². The lowest BCUT2D eigenvalue weighted by Gasteiger charge is -2.10. The minimum Gasteiger partial charge on any atom is -0.432 e. The van der Waals surface area contributed by atoms with Crippen molar-refractivity contribution >= 4 is 21.9 Å². The Balaban J connectivity index is 2.71. The van der Waals surface area contributed by atoms with E-state index in [0.717, 1.165) is 4.47 Å². The van der Waals surface area contributed by atoms with Crippen LogP contribution in [0.1, 0.15) is 18.8 Å². The van der Waals surface area contributed by atoms with E-state index in [9.17, 15) is 9.90 Å². The topological polar surface area (TPSA) is 46.5 Å². The fourth-order valence-corrected chi connectivity index (χ4v) is 1.12. The van der Waals surface area contributed by atoms with Crippen molar-refractivity contribution < 1.29 is 14.6 Å². The molecule has 0 aliphatic heterocycles. The molecule has 0 spiro atoms. The highest BCUT2D eigenvalue weighted by atomic mass is 79.9. The number of esters is 1. The Morgan fingerprint density at radius 2 is 2.00 bits per heavy atom. The molecule has 70 valence electrons. The zero-order chi connectivity index (χ0) is 9.84. The first-order chi connectivity index (χ1) is 6.09. The summed E-state index contributed by atoms with van der Waals surface area (Å²) in [6, 6.07) is 6.89. The van der Waals surface area contributed by atoms with E-state index in [4.69, 9.17) is 0 Å². The number of aliphatic hydroxyl groups excluding tert-OH is 1. The van der Waals surface area contributed by atoms with Crippen molar-refractivity contribution in [3.05, 3.63) is 34.3 Å². The van der Waals surface area contributed by atoms with Crippen molar-refractivity contribution in [2.75, 3.05) is 0 Å². The molecule has 1 unspecified atom stereocenters. The third kappa shape index (κ3) is 3.16. The van der Waals surface area contributed by atoms with Gasteiger partial charge in [-0.1, -0.05) is 28.1 Å². The molecule has 0 aromatic heterocycles. The quantitative estimate of drug-likeness (QED) is 0.640. The molecule has 0 amide bonds. The maximum absolute atomic E-state index is 10.5. The molecular weight excluding hydrogens is 236 g/mol. The zero-order valence-corrected chi connectivity index (χ0v) is 8.61. The Bertz CT molecular complexity index is 294. The highest BCUT2D eigenvalue weighted by molar-refractivity contribution is 9.10. The average Bonchev–Trinajstić information content (AvgIpc) is 2.04. The van der Waals surface area contributed by atoms with Crippen LogP contribution in [0.5, 0.6) is 0 Å². The fraction of sp³-hybridized carbons (Fsp3) is 0.222. The van der Waals surface area contributed by atoms with Gasteiger partial charge in [-0.05, 0) is 12.1 Å². The first-order valence-electron chi connectivity index (χ1n) is 3.70. The highest BCUT2D eigenvalue weighted by Crippen LogP contribution is 2.17. The van der Waals surface area contributed by atoms with Crippen LogP contribution in [0.15, 0.2) is 28.7 Å². The maximum Gasteiger partial charge on any atom is 0.305 e. The molecule has 1 N–H and O–H groups in total. The molecule has 1 aromatic carbocycles. The number of rotatable bonds is 2. The Morgan fingerprint density at radius 1 is 1.46 bits per heavy atom. The number of carbonyl (C=O) groups is 1. The SMILES string of the molecule is CC(=O)OC(O)c1ccc(Br)cc1. The van der Waals surface area contributed by atoms with E-state index in [1.807, 2.05) is 0 Å². The molecule has 0 radical (unpaired) electrons. The summed E-state index contributed by atoms with van der Waals surface area (Å²) in [5.74, 6) is -0.504. The number of aliphatic hydroxyl groups is 1. The van der Waals surface area contributed by atoms with Crippen molar-refractivity contribution in [2.24, 2.45) is 0 Å². The van der Waals surface area contributed by atoms with E-state index >= 15 is 0 Å². The molecule has 0 fully saturated rings. The van der Waals surface area contributed by atoms with Crippen LogP contribution in [0.3, 0.4) is 0 Å². The molecular formula is C9H9BrO3. The summed E-state index contributed by atoms with van der Waals surface area (Å²) in [7, 11) is 0. The Morgan fingerprint density at radius 3 is 2.46 bits per heavy atom. The first-order valence-corrected chi connectivity index (χ1v) is 4.49. The molecule has 1 aromatic rings. The van der Waals surface area contributed by atoms with E-state index in [2.05, 4.69) is 20.7 Å². The predicted molar refractivity (Wildman–Crippen MR) is 50.9 cm³/mol. The van der Waals surface area contributed by atoms with Crippen LogP contribution in [-0.2, 0) is 9.53 Å². The number of benzene rings is 1. The summed E-state index contributed by atoms with van der Waals surface area (Å²) in [5.41, 5.74) is 0.554. The van der Waals surface area contributed by atoms with Gasteiger partial charge < -0.3 is 9.84 Å². The van der Waals surface area contributed by atoms with Gasteiger partial charge in [-0.15, -0.1) is 0 Å². The van der Waals surface area contributed by atoms with Crippen molar-refractivity contribution in [2.45, 2.75) is 13.2 Å².